The van der Waals surface area contributed by atoms with Crippen LogP contribution in [-0.4, -0.2) is 11.4 Å². The summed E-state index contributed by atoms with van der Waals surface area (Å²) in [4.78, 5) is 2.23. The van der Waals surface area contributed by atoms with E-state index in [1.54, 1.807) is 0 Å². The molecule has 0 atom stereocenters. The molecular weight excluding hydrogens is 218 g/mol. The fourth-order valence-electron chi connectivity index (χ4n) is 1.77. The second-order valence-corrected chi connectivity index (χ2v) is 5.20. The lowest BCUT2D eigenvalue weighted by Gasteiger charge is -2.23. The van der Waals surface area contributed by atoms with Crippen molar-refractivity contribution in [1.29, 1.82) is 0 Å². The van der Waals surface area contributed by atoms with Gasteiger partial charge in [0.15, 0.2) is 0 Å². The first-order valence-electron chi connectivity index (χ1n) is 6.70. The third-order valence-electron chi connectivity index (χ3n) is 3.03. The number of allylic oxidation sites excluding steroid dienone is 8. The molecule has 0 amide bonds. The zero-order valence-electron chi connectivity index (χ0n) is 11.9. The van der Waals surface area contributed by atoms with Crippen LogP contribution in [0.25, 0.3) is 0 Å². The van der Waals surface area contributed by atoms with Gasteiger partial charge in [0.1, 0.15) is 0 Å². The Morgan fingerprint density at radius 1 is 1.17 bits per heavy atom. The first kappa shape index (κ1) is 14.6. The predicted molar refractivity (Wildman–Crippen MR) is 81.1 cm³/mol. The summed E-state index contributed by atoms with van der Waals surface area (Å²) in [6, 6.07) is 0. The molecule has 1 heterocycles. The number of rotatable bonds is 1. The molecule has 0 fully saturated rings. The Balaban J connectivity index is 2.91. The van der Waals surface area contributed by atoms with Crippen molar-refractivity contribution in [3.05, 3.63) is 61.0 Å². The second-order valence-electron chi connectivity index (χ2n) is 5.20. The molecule has 0 unspecified atom stereocenters. The van der Waals surface area contributed by atoms with Gasteiger partial charge in [-0.25, -0.2) is 0 Å². The Bertz CT molecular complexity index is 380. The van der Waals surface area contributed by atoms with E-state index in [9.17, 15) is 0 Å². The van der Waals surface area contributed by atoms with Gasteiger partial charge in [-0.2, -0.15) is 0 Å². The summed E-state index contributed by atoms with van der Waals surface area (Å²) in [5.41, 5.74) is 1.25. The largest absolute Gasteiger partial charge is 0.353 e. The zero-order chi connectivity index (χ0) is 13.4. The smallest absolute Gasteiger partial charge is 0.0193 e. The Morgan fingerprint density at radius 2 is 1.89 bits per heavy atom. The standard InChI is InChI=1S/C17H25N/c1-5-18-15-14-17(3,4)13-11-9-7-6-8-10-12-16(18)2/h6-9,11,13-15H,2,5,10,12H2,1,3-4H3/b8-6+,9-7-,13-11-,15-14-. The van der Waals surface area contributed by atoms with Gasteiger partial charge in [-0.3, -0.25) is 0 Å². The minimum absolute atomic E-state index is 0.0653. The lowest BCUT2D eigenvalue weighted by atomic mass is 9.93. The van der Waals surface area contributed by atoms with Crippen molar-refractivity contribution in [2.24, 2.45) is 5.41 Å². The summed E-state index contributed by atoms with van der Waals surface area (Å²) in [6.07, 6.45) is 19.2. The van der Waals surface area contributed by atoms with E-state index in [0.717, 1.165) is 19.4 Å². The molecule has 0 spiro atoms. The highest BCUT2D eigenvalue weighted by Crippen LogP contribution is 2.21. The number of nitrogens with zero attached hydrogens (tertiary/aromatic N) is 1. The summed E-state index contributed by atoms with van der Waals surface area (Å²) in [5.74, 6) is 0. The van der Waals surface area contributed by atoms with Crippen molar-refractivity contribution < 1.29 is 0 Å². The first-order chi connectivity index (χ1) is 8.55. The minimum atomic E-state index is 0.0653. The second kappa shape index (κ2) is 7.05. The van der Waals surface area contributed by atoms with Crippen LogP contribution in [0.4, 0.5) is 0 Å². The quantitative estimate of drug-likeness (QED) is 0.638. The molecule has 0 radical (unpaired) electrons. The van der Waals surface area contributed by atoms with Gasteiger partial charge in [0.05, 0.1) is 0 Å². The topological polar surface area (TPSA) is 3.24 Å². The van der Waals surface area contributed by atoms with Crippen LogP contribution in [0.1, 0.15) is 33.6 Å². The van der Waals surface area contributed by atoms with E-state index in [0.29, 0.717) is 0 Å². The molecule has 1 rings (SSSR count). The van der Waals surface area contributed by atoms with Gasteiger partial charge in [0.25, 0.3) is 0 Å². The van der Waals surface area contributed by atoms with Crippen LogP contribution in [0.15, 0.2) is 61.0 Å². The molecule has 1 nitrogen and oxygen atoms in total. The van der Waals surface area contributed by atoms with Crippen LogP contribution in [0.3, 0.4) is 0 Å². The molecule has 1 aliphatic heterocycles. The van der Waals surface area contributed by atoms with Crippen molar-refractivity contribution in [1.82, 2.24) is 4.90 Å². The van der Waals surface area contributed by atoms with E-state index in [4.69, 9.17) is 0 Å². The zero-order valence-corrected chi connectivity index (χ0v) is 11.9. The lowest BCUT2D eigenvalue weighted by Crippen LogP contribution is -2.16. The molecular formula is C17H25N. The molecule has 1 aliphatic rings. The van der Waals surface area contributed by atoms with Crippen molar-refractivity contribution in [2.75, 3.05) is 6.54 Å². The van der Waals surface area contributed by atoms with Crippen molar-refractivity contribution >= 4 is 0 Å². The van der Waals surface area contributed by atoms with E-state index >= 15 is 0 Å². The van der Waals surface area contributed by atoms with Gasteiger partial charge in [0.2, 0.25) is 0 Å². The molecule has 0 aromatic heterocycles. The van der Waals surface area contributed by atoms with Crippen LogP contribution in [-0.2, 0) is 0 Å². The maximum Gasteiger partial charge on any atom is 0.0193 e. The fraction of sp³-hybridized carbons (Fsp3) is 0.412. The van der Waals surface area contributed by atoms with E-state index in [-0.39, 0.29) is 5.41 Å². The fourth-order valence-corrected chi connectivity index (χ4v) is 1.77. The molecule has 0 N–H and O–H groups in total. The Hall–Kier alpha value is -1.50. The molecule has 0 aromatic carbocycles. The molecule has 0 aromatic rings. The Kier molecular flexibility index (Phi) is 5.70. The van der Waals surface area contributed by atoms with Gasteiger partial charge in [-0.05, 0) is 19.8 Å². The summed E-state index contributed by atoms with van der Waals surface area (Å²) >= 11 is 0. The maximum atomic E-state index is 4.17. The summed E-state index contributed by atoms with van der Waals surface area (Å²) in [6.45, 7) is 11.7. The third-order valence-corrected chi connectivity index (χ3v) is 3.03. The maximum absolute atomic E-state index is 4.17. The highest BCUT2D eigenvalue weighted by molar-refractivity contribution is 5.17. The molecule has 0 aliphatic carbocycles. The van der Waals surface area contributed by atoms with Crippen LogP contribution >= 0.6 is 0 Å². The van der Waals surface area contributed by atoms with Crippen molar-refractivity contribution in [3.63, 3.8) is 0 Å². The van der Waals surface area contributed by atoms with Gasteiger partial charge >= 0.3 is 0 Å². The van der Waals surface area contributed by atoms with Crippen LogP contribution in [0, 0.1) is 5.41 Å². The van der Waals surface area contributed by atoms with E-state index in [2.05, 4.69) is 81.0 Å². The average molecular weight is 243 g/mol. The van der Waals surface area contributed by atoms with Crippen LogP contribution in [0.2, 0.25) is 0 Å². The van der Waals surface area contributed by atoms with Crippen LogP contribution < -0.4 is 0 Å². The van der Waals surface area contributed by atoms with Crippen molar-refractivity contribution in [2.45, 2.75) is 33.6 Å². The highest BCUT2D eigenvalue weighted by atomic mass is 15.1. The third kappa shape index (κ3) is 5.22. The van der Waals surface area contributed by atoms with Gasteiger partial charge in [0, 0.05) is 23.9 Å². The summed E-state index contributed by atoms with van der Waals surface area (Å²) in [7, 11) is 0. The molecule has 1 heteroatoms. The molecule has 18 heavy (non-hydrogen) atoms. The van der Waals surface area contributed by atoms with E-state index in [1.165, 1.54) is 5.70 Å². The molecule has 98 valence electrons. The summed E-state index contributed by atoms with van der Waals surface area (Å²) in [5, 5.41) is 0. The predicted octanol–water partition coefficient (Wildman–Crippen LogP) is 4.82. The average Bonchev–Trinajstić information content (AvgIpc) is 2.33. The van der Waals surface area contributed by atoms with E-state index in [1.807, 2.05) is 0 Å². The lowest BCUT2D eigenvalue weighted by molar-refractivity contribution is 0.462. The van der Waals surface area contributed by atoms with Gasteiger partial charge in [-0.1, -0.05) is 63.0 Å². The highest BCUT2D eigenvalue weighted by Gasteiger charge is 2.09. The monoisotopic (exact) mass is 243 g/mol. The number of hydrogen-bond donors (Lipinski definition) is 0. The van der Waals surface area contributed by atoms with Crippen molar-refractivity contribution in [3.8, 4) is 0 Å². The molecule has 0 bridgehead atoms. The molecule has 0 saturated heterocycles. The van der Waals surface area contributed by atoms with Crippen LogP contribution in [0.5, 0.6) is 0 Å². The summed E-state index contributed by atoms with van der Waals surface area (Å²) < 4.78 is 0. The normalized spacial score (nSPS) is 27.5. The Labute approximate surface area is 112 Å². The minimum Gasteiger partial charge on any atom is -0.353 e. The number of hydrogen-bond acceptors (Lipinski definition) is 1. The molecule has 0 saturated carbocycles. The SMILES string of the molecule is C=C1CC/C=C/C=C\C=C/C(C)(C)/C=C\N1CC. The van der Waals surface area contributed by atoms with Gasteiger partial charge < -0.3 is 4.90 Å². The van der Waals surface area contributed by atoms with E-state index < -0.39 is 0 Å². The Morgan fingerprint density at radius 3 is 2.61 bits per heavy atom. The van der Waals surface area contributed by atoms with Gasteiger partial charge in [-0.15, -0.1) is 0 Å². The first-order valence-corrected chi connectivity index (χ1v) is 6.70.